The van der Waals surface area contributed by atoms with Gasteiger partial charge in [0, 0.05) is 0 Å². The van der Waals surface area contributed by atoms with Crippen LogP contribution in [0.3, 0.4) is 0 Å². The molecule has 2 amide bonds. The quantitative estimate of drug-likeness (QED) is 0.587. The molecule has 7 heteroatoms. The van der Waals surface area contributed by atoms with Crippen LogP contribution in [0.2, 0.25) is 0 Å². The van der Waals surface area contributed by atoms with Gasteiger partial charge in [-0.3, -0.25) is 9.59 Å². The molecule has 82 valence electrons. The summed E-state index contributed by atoms with van der Waals surface area (Å²) in [6, 6.07) is 2.47. The van der Waals surface area contributed by atoms with Gasteiger partial charge in [-0.1, -0.05) is 0 Å². The summed E-state index contributed by atoms with van der Waals surface area (Å²) in [7, 11) is 0. The summed E-state index contributed by atoms with van der Waals surface area (Å²) in [5.74, 6) is -2.24. The second kappa shape index (κ2) is 3.22. The van der Waals surface area contributed by atoms with Crippen molar-refractivity contribution >= 4 is 11.8 Å². The number of hydrogen-bond donors (Lipinski definition) is 0. The minimum atomic E-state index is -4.52. The lowest BCUT2D eigenvalue weighted by atomic mass is 10.2. The van der Waals surface area contributed by atoms with Crippen LogP contribution in [0.5, 0.6) is 0 Å². The maximum Gasteiger partial charge on any atom is 0.416 e. The Labute approximate surface area is 86.1 Å². The average molecular weight is 228 g/mol. The second-order valence-electron chi connectivity index (χ2n) is 3.04. The van der Waals surface area contributed by atoms with Crippen LogP contribution in [-0.4, -0.2) is 11.8 Å². The Morgan fingerprint density at radius 2 is 1.50 bits per heavy atom. The number of benzene rings is 1. The zero-order valence-corrected chi connectivity index (χ0v) is 7.58. The van der Waals surface area contributed by atoms with Crippen molar-refractivity contribution in [3.63, 3.8) is 0 Å². The first-order valence-corrected chi connectivity index (χ1v) is 4.11. The monoisotopic (exact) mass is 228 g/mol. The number of amides is 2. The first-order chi connectivity index (χ1) is 7.38. The Hall–Kier alpha value is -2.05. The first kappa shape index (κ1) is 10.5. The first-order valence-electron chi connectivity index (χ1n) is 4.11. The van der Waals surface area contributed by atoms with Crippen LogP contribution in [0.15, 0.2) is 28.2 Å². The number of hydrogen-bond acceptors (Lipinski definition) is 2. The van der Waals surface area contributed by atoms with Crippen molar-refractivity contribution < 1.29 is 22.8 Å². The molecule has 0 radical (unpaired) electrons. The van der Waals surface area contributed by atoms with Crippen LogP contribution in [0, 0.1) is 0 Å². The molecule has 0 saturated heterocycles. The fourth-order valence-corrected chi connectivity index (χ4v) is 1.20. The molecule has 1 aromatic rings. The molecular weight excluding hydrogens is 225 g/mol. The van der Waals surface area contributed by atoms with Gasteiger partial charge in [-0.05, 0) is 18.2 Å². The van der Waals surface area contributed by atoms with Gasteiger partial charge in [0.15, 0.2) is 0 Å². The third kappa shape index (κ3) is 1.71. The SMILES string of the molecule is O=C1N=c2ccc(C(F)(F)F)cc2=NC1=O. The summed E-state index contributed by atoms with van der Waals surface area (Å²) >= 11 is 0. The molecule has 0 atom stereocenters. The van der Waals surface area contributed by atoms with Gasteiger partial charge < -0.3 is 0 Å². The van der Waals surface area contributed by atoms with E-state index in [-0.39, 0.29) is 10.7 Å². The van der Waals surface area contributed by atoms with E-state index in [1.54, 1.807) is 0 Å². The van der Waals surface area contributed by atoms with Crippen molar-refractivity contribution in [3.05, 3.63) is 34.5 Å². The van der Waals surface area contributed by atoms with Crippen LogP contribution in [0.25, 0.3) is 0 Å². The van der Waals surface area contributed by atoms with Gasteiger partial charge in [-0.15, -0.1) is 0 Å². The maximum absolute atomic E-state index is 12.3. The highest BCUT2D eigenvalue weighted by Crippen LogP contribution is 2.27. The van der Waals surface area contributed by atoms with E-state index in [0.717, 1.165) is 12.1 Å². The van der Waals surface area contributed by atoms with Crippen LogP contribution < -0.4 is 10.7 Å². The minimum Gasteiger partial charge on any atom is -0.261 e. The Balaban J connectivity index is 2.70. The molecule has 0 aliphatic carbocycles. The Morgan fingerprint density at radius 1 is 0.938 bits per heavy atom. The van der Waals surface area contributed by atoms with Gasteiger partial charge in [-0.2, -0.15) is 13.2 Å². The molecule has 1 aliphatic rings. The summed E-state index contributed by atoms with van der Waals surface area (Å²) < 4.78 is 36.9. The van der Waals surface area contributed by atoms with Gasteiger partial charge in [0.1, 0.15) is 0 Å². The van der Waals surface area contributed by atoms with Crippen molar-refractivity contribution in [2.75, 3.05) is 0 Å². The zero-order valence-electron chi connectivity index (χ0n) is 7.58. The Morgan fingerprint density at radius 3 is 2.06 bits per heavy atom. The van der Waals surface area contributed by atoms with E-state index in [1.807, 2.05) is 0 Å². The standard InChI is InChI=1S/C9H3F3N2O2/c10-9(11,12)4-1-2-5-6(3-4)14-8(16)7(15)13-5/h1-3H. The predicted molar refractivity (Wildman–Crippen MR) is 43.8 cm³/mol. The number of halogens is 3. The van der Waals surface area contributed by atoms with Crippen molar-refractivity contribution in [1.29, 1.82) is 0 Å². The summed E-state index contributed by atoms with van der Waals surface area (Å²) in [6.07, 6.45) is -4.52. The molecule has 0 fully saturated rings. The van der Waals surface area contributed by atoms with Gasteiger partial charge >= 0.3 is 18.0 Å². The summed E-state index contributed by atoms with van der Waals surface area (Å²) in [4.78, 5) is 28.2. The van der Waals surface area contributed by atoms with Crippen molar-refractivity contribution in [2.45, 2.75) is 6.18 Å². The van der Waals surface area contributed by atoms with Gasteiger partial charge in [0.05, 0.1) is 16.3 Å². The molecule has 1 aliphatic heterocycles. The maximum atomic E-state index is 12.3. The van der Waals surface area contributed by atoms with Crippen molar-refractivity contribution in [1.82, 2.24) is 0 Å². The Bertz CT molecular complexity index is 604. The van der Waals surface area contributed by atoms with Crippen LogP contribution in [-0.2, 0) is 15.8 Å². The number of alkyl halides is 3. The molecule has 0 N–H and O–H groups in total. The molecule has 1 aromatic carbocycles. The second-order valence-corrected chi connectivity index (χ2v) is 3.04. The number of fused-ring (bicyclic) bond motifs is 1. The third-order valence-electron chi connectivity index (χ3n) is 1.93. The van der Waals surface area contributed by atoms with Gasteiger partial charge in [-0.25, -0.2) is 9.98 Å². The molecule has 0 spiro atoms. The van der Waals surface area contributed by atoms with Crippen molar-refractivity contribution in [3.8, 4) is 0 Å². The molecule has 1 heterocycles. The molecular formula is C9H3F3N2O2. The third-order valence-corrected chi connectivity index (χ3v) is 1.93. The van der Waals surface area contributed by atoms with E-state index in [2.05, 4.69) is 9.98 Å². The fourth-order valence-electron chi connectivity index (χ4n) is 1.20. The highest BCUT2D eigenvalue weighted by atomic mass is 19.4. The fraction of sp³-hybridized carbons (Fsp3) is 0.111. The van der Waals surface area contributed by atoms with E-state index in [0.29, 0.717) is 6.07 Å². The van der Waals surface area contributed by atoms with Crippen LogP contribution >= 0.6 is 0 Å². The minimum absolute atomic E-state index is 0.0300. The van der Waals surface area contributed by atoms with E-state index in [4.69, 9.17) is 0 Å². The molecule has 16 heavy (non-hydrogen) atoms. The number of nitrogens with zero attached hydrogens (tertiary/aromatic N) is 2. The largest absolute Gasteiger partial charge is 0.416 e. The number of carbonyl (C=O) groups excluding carboxylic acids is 2. The van der Waals surface area contributed by atoms with Crippen molar-refractivity contribution in [2.24, 2.45) is 9.98 Å². The molecule has 0 bridgehead atoms. The molecule has 4 nitrogen and oxygen atoms in total. The Kier molecular flexibility index (Phi) is 2.11. The summed E-state index contributed by atoms with van der Waals surface area (Å²) in [5.41, 5.74) is -0.938. The van der Waals surface area contributed by atoms with E-state index in [1.165, 1.54) is 0 Å². The molecule has 0 saturated carbocycles. The van der Waals surface area contributed by atoms with Crippen LogP contribution in [0.4, 0.5) is 13.2 Å². The van der Waals surface area contributed by atoms with Gasteiger partial charge in [0.2, 0.25) is 0 Å². The lowest BCUT2D eigenvalue weighted by molar-refractivity contribution is -0.137. The summed E-state index contributed by atoms with van der Waals surface area (Å²) in [6.45, 7) is 0. The molecule has 0 unspecified atom stereocenters. The highest BCUT2D eigenvalue weighted by molar-refractivity contribution is 6.36. The lowest BCUT2D eigenvalue weighted by Gasteiger charge is -2.06. The topological polar surface area (TPSA) is 58.9 Å². The normalized spacial score (nSPS) is 15.2. The lowest BCUT2D eigenvalue weighted by Crippen LogP contribution is -2.35. The van der Waals surface area contributed by atoms with E-state index in [9.17, 15) is 22.8 Å². The highest BCUT2D eigenvalue weighted by Gasteiger charge is 2.30. The number of carbonyl (C=O) groups is 2. The van der Waals surface area contributed by atoms with E-state index < -0.39 is 23.6 Å². The molecule has 2 rings (SSSR count). The average Bonchev–Trinajstić information content (AvgIpc) is 2.17. The molecule has 0 aromatic heterocycles. The zero-order chi connectivity index (χ0) is 11.9. The summed E-state index contributed by atoms with van der Waals surface area (Å²) in [5, 5.41) is -0.267. The van der Waals surface area contributed by atoms with Crippen LogP contribution in [0.1, 0.15) is 5.56 Å². The smallest absolute Gasteiger partial charge is 0.261 e. The van der Waals surface area contributed by atoms with E-state index >= 15 is 0 Å². The number of rotatable bonds is 0. The predicted octanol–water partition coefficient (Wildman–Crippen LogP) is 0.0114. The van der Waals surface area contributed by atoms with Gasteiger partial charge in [0.25, 0.3) is 0 Å².